The molecule has 1 heterocycles. The Morgan fingerprint density at radius 3 is 2.44 bits per heavy atom. The molecule has 9 aliphatic carbocycles. The molecule has 2 aromatic rings. The smallest absolute Gasteiger partial charge is 0.224 e. The van der Waals surface area contributed by atoms with Crippen LogP contribution in [0.25, 0.3) is 0 Å². The molecule has 11 rings (SSSR count). The van der Waals surface area contributed by atoms with Gasteiger partial charge in [0, 0.05) is 41.5 Å². The fraction of sp³-hybridized carbons (Fsp3) is 0.681. The Kier molecular flexibility index (Phi) is 8.91. The van der Waals surface area contributed by atoms with Crippen molar-refractivity contribution < 1.29 is 29.3 Å². The van der Waals surface area contributed by atoms with E-state index in [-0.39, 0.29) is 41.2 Å². The number of carbonyl (C=O) groups excluding carboxylic acids is 1. The Bertz CT molecular complexity index is 1780. The van der Waals surface area contributed by atoms with E-state index in [1.54, 1.807) is 18.4 Å². The molecule has 9 aliphatic rings. The Balaban J connectivity index is 1.02. The molecule has 2 spiro atoms. The van der Waals surface area contributed by atoms with E-state index in [0.29, 0.717) is 55.5 Å². The number of nitrogens with zero attached hydrogens (tertiary/aromatic N) is 1. The van der Waals surface area contributed by atoms with Gasteiger partial charge in [-0.25, -0.2) is 0 Å². The van der Waals surface area contributed by atoms with Gasteiger partial charge in [0.25, 0.3) is 0 Å². The van der Waals surface area contributed by atoms with Crippen LogP contribution in [0.2, 0.25) is 0 Å². The maximum Gasteiger partial charge on any atom is 0.224 e. The molecule has 6 fully saturated rings. The number of allylic oxidation sites excluding steroid dienone is 4. The molecule has 292 valence electrons. The van der Waals surface area contributed by atoms with Gasteiger partial charge in [0.15, 0.2) is 5.76 Å². The van der Waals surface area contributed by atoms with E-state index in [1.165, 1.54) is 19.3 Å². The van der Waals surface area contributed by atoms with E-state index < -0.39 is 22.5 Å². The first kappa shape index (κ1) is 37.1. The lowest BCUT2D eigenvalue weighted by Crippen LogP contribution is -2.67. The molecule has 1 aromatic carbocycles. The number of hydrogen-bond donors (Lipinski definition) is 3. The SMILES string of the molecule is CC1(C)C2CCC(CN(CC(O)COCc3ccccc3)CC3(O)CCC4C56C=CC7(C=C5C(=O)c5ccco5)CC(O)CCC7(C)C6CCC43C)C1C2. The van der Waals surface area contributed by atoms with Crippen LogP contribution < -0.4 is 0 Å². The monoisotopic (exact) mass is 737 g/mol. The summed E-state index contributed by atoms with van der Waals surface area (Å²) in [5.41, 5.74) is -0.152. The third-order valence-electron chi connectivity index (χ3n) is 17.6. The topological polar surface area (TPSA) is 103 Å². The van der Waals surface area contributed by atoms with Crippen LogP contribution in [0.3, 0.4) is 0 Å². The number of furan rings is 1. The van der Waals surface area contributed by atoms with Gasteiger partial charge < -0.3 is 24.5 Å². The molecule has 7 nitrogen and oxygen atoms in total. The zero-order valence-corrected chi connectivity index (χ0v) is 33.0. The largest absolute Gasteiger partial charge is 0.461 e. The Morgan fingerprint density at radius 2 is 1.70 bits per heavy atom. The van der Waals surface area contributed by atoms with E-state index in [2.05, 4.69) is 50.8 Å². The highest BCUT2D eigenvalue weighted by Gasteiger charge is 2.74. The van der Waals surface area contributed by atoms with Crippen molar-refractivity contribution >= 4 is 5.78 Å². The summed E-state index contributed by atoms with van der Waals surface area (Å²) < 4.78 is 11.8. The van der Waals surface area contributed by atoms with Crippen molar-refractivity contribution in [3.8, 4) is 0 Å². The minimum absolute atomic E-state index is 0.0468. The van der Waals surface area contributed by atoms with Crippen molar-refractivity contribution in [2.45, 2.75) is 116 Å². The fourth-order valence-corrected chi connectivity index (χ4v) is 14.5. The van der Waals surface area contributed by atoms with Crippen LogP contribution in [-0.2, 0) is 11.3 Å². The summed E-state index contributed by atoms with van der Waals surface area (Å²) in [6.07, 6.45) is 17.0. The van der Waals surface area contributed by atoms with Crippen LogP contribution in [-0.4, -0.2) is 70.1 Å². The second kappa shape index (κ2) is 13.0. The number of carbonyl (C=O) groups is 1. The molecular weight excluding hydrogens is 675 g/mol. The Hall–Kier alpha value is -2.55. The third kappa shape index (κ3) is 5.34. The summed E-state index contributed by atoms with van der Waals surface area (Å²) in [4.78, 5) is 17.0. The number of hydrogen-bond acceptors (Lipinski definition) is 7. The summed E-state index contributed by atoms with van der Waals surface area (Å²) in [7, 11) is 0. The number of Topliss-reactive ketones (excluding diaryl/α,β-unsaturated/α-hetero) is 1. The number of aliphatic hydroxyl groups excluding tert-OH is 2. The number of benzene rings is 1. The highest BCUT2D eigenvalue weighted by atomic mass is 16.5. The summed E-state index contributed by atoms with van der Waals surface area (Å²) in [6, 6.07) is 13.7. The molecular formula is C47H63NO6. The van der Waals surface area contributed by atoms with Crippen molar-refractivity contribution in [3.05, 3.63) is 83.9 Å². The van der Waals surface area contributed by atoms with Crippen molar-refractivity contribution in [2.75, 3.05) is 26.2 Å². The van der Waals surface area contributed by atoms with Gasteiger partial charge in [0.2, 0.25) is 5.78 Å². The molecule has 3 N–H and O–H groups in total. The summed E-state index contributed by atoms with van der Waals surface area (Å²) >= 11 is 0. The van der Waals surface area contributed by atoms with Crippen molar-refractivity contribution in [1.29, 1.82) is 0 Å². The zero-order chi connectivity index (χ0) is 37.7. The number of ether oxygens (including phenoxy) is 1. The van der Waals surface area contributed by atoms with Gasteiger partial charge in [-0.05, 0) is 122 Å². The minimum atomic E-state index is -0.989. The number of ketones is 1. The quantitative estimate of drug-likeness (QED) is 0.150. The first-order chi connectivity index (χ1) is 25.7. The van der Waals surface area contributed by atoms with Gasteiger partial charge in [0.05, 0.1) is 37.3 Å². The second-order valence-electron chi connectivity index (χ2n) is 20.2. The molecule has 0 aliphatic heterocycles. The Morgan fingerprint density at radius 1 is 0.944 bits per heavy atom. The lowest BCUT2D eigenvalue weighted by atomic mass is 9.32. The molecule has 6 saturated carbocycles. The van der Waals surface area contributed by atoms with Gasteiger partial charge in [-0.15, -0.1) is 0 Å². The van der Waals surface area contributed by atoms with Gasteiger partial charge in [0.1, 0.15) is 0 Å². The van der Waals surface area contributed by atoms with E-state index >= 15 is 0 Å². The maximum atomic E-state index is 14.6. The summed E-state index contributed by atoms with van der Waals surface area (Å²) in [5.74, 6) is 2.65. The summed E-state index contributed by atoms with van der Waals surface area (Å²) in [6.45, 7) is 12.2. The predicted molar refractivity (Wildman–Crippen MR) is 208 cm³/mol. The van der Waals surface area contributed by atoms with E-state index in [1.807, 2.05) is 30.3 Å². The van der Waals surface area contributed by atoms with Crippen molar-refractivity contribution in [2.24, 2.45) is 56.7 Å². The first-order valence-corrected chi connectivity index (χ1v) is 21.2. The number of rotatable bonds is 12. The van der Waals surface area contributed by atoms with E-state index in [0.717, 1.165) is 55.7 Å². The van der Waals surface area contributed by atoms with Gasteiger partial charge in [-0.1, -0.05) is 76.3 Å². The first-order valence-electron chi connectivity index (χ1n) is 21.2. The number of aliphatic hydroxyl groups is 3. The third-order valence-corrected chi connectivity index (χ3v) is 17.6. The van der Waals surface area contributed by atoms with Crippen LogP contribution >= 0.6 is 0 Å². The second-order valence-corrected chi connectivity index (χ2v) is 20.2. The van der Waals surface area contributed by atoms with Crippen molar-refractivity contribution in [3.63, 3.8) is 0 Å². The van der Waals surface area contributed by atoms with Gasteiger partial charge in [-0.3, -0.25) is 9.69 Å². The molecule has 54 heavy (non-hydrogen) atoms. The lowest BCUT2D eigenvalue weighted by molar-refractivity contribution is -0.179. The van der Waals surface area contributed by atoms with Crippen LogP contribution in [0.5, 0.6) is 0 Å². The van der Waals surface area contributed by atoms with Crippen LogP contribution in [0.15, 0.2) is 76.9 Å². The van der Waals surface area contributed by atoms with Gasteiger partial charge in [-0.2, -0.15) is 0 Å². The molecule has 0 saturated heterocycles. The predicted octanol–water partition coefficient (Wildman–Crippen LogP) is 8.01. The van der Waals surface area contributed by atoms with E-state index in [9.17, 15) is 20.1 Å². The standard InChI is InChI=1S/C47H63NO6/c1-42(2)33-13-12-32(36(42)23-33)26-48(27-35(50)29-53-28-31-9-6-5-7-10-31)30-46(52)19-16-40-44(46,4)18-15-39-43(3)17-14-34(49)24-45(43)20-21-47(39,40)37(25-45)41(51)38-11-8-22-54-38/h5-11,20-22,25,32-36,39-40,49-50,52H,12-19,23-24,26-30H2,1-4H3. The lowest BCUT2D eigenvalue weighted by Gasteiger charge is -2.71. The fourth-order valence-electron chi connectivity index (χ4n) is 14.5. The zero-order valence-electron chi connectivity index (χ0n) is 33.0. The molecule has 1 aromatic heterocycles. The van der Waals surface area contributed by atoms with Crippen LogP contribution in [0.1, 0.15) is 108 Å². The number of fused-ring (bicyclic) bond motifs is 3. The molecule has 4 bridgehead atoms. The molecule has 0 radical (unpaired) electrons. The van der Waals surface area contributed by atoms with Crippen LogP contribution in [0.4, 0.5) is 0 Å². The summed E-state index contributed by atoms with van der Waals surface area (Å²) in [5, 5.41) is 35.8. The highest BCUT2D eigenvalue weighted by Crippen LogP contribution is 2.78. The maximum absolute atomic E-state index is 14.6. The molecule has 7 heteroatoms. The van der Waals surface area contributed by atoms with Gasteiger partial charge >= 0.3 is 0 Å². The van der Waals surface area contributed by atoms with E-state index in [4.69, 9.17) is 9.15 Å². The molecule has 12 atom stereocenters. The average Bonchev–Trinajstić information content (AvgIpc) is 3.78. The Labute approximate surface area is 322 Å². The molecule has 12 unspecified atom stereocenters. The van der Waals surface area contributed by atoms with Crippen LogP contribution in [0, 0.1) is 56.7 Å². The van der Waals surface area contributed by atoms with Crippen molar-refractivity contribution in [1.82, 2.24) is 4.90 Å². The average molecular weight is 738 g/mol. The highest BCUT2D eigenvalue weighted by molar-refractivity contribution is 6.08. The minimum Gasteiger partial charge on any atom is -0.461 e. The molecule has 0 amide bonds. The normalized spacial score (nSPS) is 43.1.